The molecule has 0 spiro atoms. The molecule has 1 heterocycles. The zero-order valence-electron chi connectivity index (χ0n) is 10.8. The van der Waals surface area contributed by atoms with E-state index in [9.17, 15) is 13.2 Å². The van der Waals surface area contributed by atoms with E-state index in [1.165, 1.54) is 18.2 Å². The largest absolute Gasteiger partial charge is 0.492 e. The van der Waals surface area contributed by atoms with Gasteiger partial charge in [-0.25, -0.2) is 13.6 Å². The van der Waals surface area contributed by atoms with Crippen LogP contribution in [-0.4, -0.2) is 39.4 Å². The van der Waals surface area contributed by atoms with Crippen molar-refractivity contribution in [2.45, 2.75) is 17.7 Å². The molecule has 1 amide bonds. The van der Waals surface area contributed by atoms with Crippen molar-refractivity contribution in [3.63, 3.8) is 0 Å². The number of likely N-dealkylation sites (N-methyl/N-ethyl adjacent to an activating group) is 1. The molecule has 1 aromatic carbocycles. The molecular formula is C12H16N2O4S. The van der Waals surface area contributed by atoms with Gasteiger partial charge in [-0.3, -0.25) is 4.79 Å². The van der Waals surface area contributed by atoms with Crippen molar-refractivity contribution in [2.75, 3.05) is 20.2 Å². The number of nitrogens with two attached hydrogens (primary N) is 1. The van der Waals surface area contributed by atoms with Crippen LogP contribution >= 0.6 is 0 Å². The van der Waals surface area contributed by atoms with Crippen LogP contribution < -0.4 is 9.88 Å². The molecule has 0 fully saturated rings. The summed E-state index contributed by atoms with van der Waals surface area (Å²) in [6.45, 7) is 2.68. The first-order chi connectivity index (χ1) is 8.84. The van der Waals surface area contributed by atoms with E-state index >= 15 is 0 Å². The minimum atomic E-state index is -3.78. The van der Waals surface area contributed by atoms with Gasteiger partial charge >= 0.3 is 0 Å². The Balaban J connectivity index is 2.41. The Labute approximate surface area is 112 Å². The molecule has 104 valence electrons. The second-order valence-electron chi connectivity index (χ2n) is 4.46. The zero-order chi connectivity index (χ0) is 14.2. The third kappa shape index (κ3) is 2.57. The summed E-state index contributed by atoms with van der Waals surface area (Å²) in [5, 5.41) is 5.09. The van der Waals surface area contributed by atoms with E-state index in [1.54, 1.807) is 11.9 Å². The summed E-state index contributed by atoms with van der Waals surface area (Å²) in [5.74, 6) is -0.0234. The van der Waals surface area contributed by atoms with Crippen molar-refractivity contribution >= 4 is 15.9 Å². The Morgan fingerprint density at radius 3 is 2.79 bits per heavy atom. The number of hydrogen-bond acceptors (Lipinski definition) is 4. The minimum Gasteiger partial charge on any atom is -0.492 e. The molecule has 7 heteroatoms. The number of fused-ring (bicyclic) bond motifs is 1. The minimum absolute atomic E-state index is 0.00583. The number of ether oxygens (including phenoxy) is 1. The lowest BCUT2D eigenvalue weighted by molar-refractivity contribution is -0.131. The Morgan fingerprint density at radius 1 is 1.53 bits per heavy atom. The lowest BCUT2D eigenvalue weighted by Crippen LogP contribution is -2.32. The lowest BCUT2D eigenvalue weighted by Gasteiger charge is -2.18. The summed E-state index contributed by atoms with van der Waals surface area (Å²) in [4.78, 5) is 13.7. The molecule has 0 radical (unpaired) electrons. The Bertz CT molecular complexity index is 612. The van der Waals surface area contributed by atoms with Crippen LogP contribution in [0.15, 0.2) is 23.1 Å². The summed E-state index contributed by atoms with van der Waals surface area (Å²) < 4.78 is 28.1. The highest BCUT2D eigenvalue weighted by molar-refractivity contribution is 7.89. The van der Waals surface area contributed by atoms with Gasteiger partial charge in [-0.15, -0.1) is 0 Å². The van der Waals surface area contributed by atoms with E-state index in [2.05, 4.69) is 0 Å². The van der Waals surface area contributed by atoms with E-state index in [4.69, 9.17) is 9.88 Å². The predicted octanol–water partition coefficient (Wildman–Crippen LogP) is 0.288. The number of carbonyl (C=O) groups excluding carboxylic acids is 1. The van der Waals surface area contributed by atoms with Crippen LogP contribution in [0, 0.1) is 0 Å². The SMILES string of the molecule is CCN(C)C(=O)C1COc2ccc(S(N)(=O)=O)cc21. The highest BCUT2D eigenvalue weighted by atomic mass is 32.2. The van der Waals surface area contributed by atoms with Crippen LogP contribution in [0.2, 0.25) is 0 Å². The van der Waals surface area contributed by atoms with Gasteiger partial charge in [-0.05, 0) is 25.1 Å². The number of sulfonamides is 1. The molecule has 1 aromatic rings. The van der Waals surface area contributed by atoms with Gasteiger partial charge in [0.25, 0.3) is 0 Å². The van der Waals surface area contributed by atoms with Crippen molar-refractivity contribution in [1.29, 1.82) is 0 Å². The van der Waals surface area contributed by atoms with Gasteiger partial charge in [0.05, 0.1) is 4.90 Å². The van der Waals surface area contributed by atoms with Crippen molar-refractivity contribution in [3.8, 4) is 5.75 Å². The van der Waals surface area contributed by atoms with Gasteiger partial charge in [0.1, 0.15) is 18.3 Å². The van der Waals surface area contributed by atoms with Crippen LogP contribution in [0.3, 0.4) is 0 Å². The maximum absolute atomic E-state index is 12.2. The van der Waals surface area contributed by atoms with E-state index in [0.29, 0.717) is 17.9 Å². The Kier molecular flexibility index (Phi) is 3.51. The highest BCUT2D eigenvalue weighted by Gasteiger charge is 2.32. The van der Waals surface area contributed by atoms with E-state index in [1.807, 2.05) is 6.92 Å². The Morgan fingerprint density at radius 2 is 2.21 bits per heavy atom. The summed E-state index contributed by atoms with van der Waals surface area (Å²) in [5.41, 5.74) is 0.580. The van der Waals surface area contributed by atoms with Gasteiger partial charge in [-0.1, -0.05) is 0 Å². The fourth-order valence-electron chi connectivity index (χ4n) is 2.00. The molecule has 6 nitrogen and oxygen atoms in total. The van der Waals surface area contributed by atoms with Crippen molar-refractivity contribution < 1.29 is 17.9 Å². The van der Waals surface area contributed by atoms with Crippen molar-refractivity contribution in [1.82, 2.24) is 4.90 Å². The van der Waals surface area contributed by atoms with Crippen LogP contribution in [-0.2, 0) is 14.8 Å². The number of nitrogens with zero attached hydrogens (tertiary/aromatic N) is 1. The van der Waals surface area contributed by atoms with E-state index < -0.39 is 15.9 Å². The number of rotatable bonds is 3. The molecule has 0 aliphatic carbocycles. The molecule has 0 bridgehead atoms. The number of carbonyl (C=O) groups is 1. The third-order valence-corrected chi connectivity index (χ3v) is 4.15. The number of amides is 1. The average molecular weight is 284 g/mol. The molecule has 1 aliphatic rings. The molecule has 0 saturated heterocycles. The first kappa shape index (κ1) is 13.8. The van der Waals surface area contributed by atoms with Gasteiger partial charge in [0.2, 0.25) is 15.9 Å². The van der Waals surface area contributed by atoms with Gasteiger partial charge in [-0.2, -0.15) is 0 Å². The average Bonchev–Trinajstić information content (AvgIpc) is 2.78. The summed E-state index contributed by atoms with van der Waals surface area (Å²) >= 11 is 0. The summed E-state index contributed by atoms with van der Waals surface area (Å²) in [7, 11) is -2.08. The molecule has 1 unspecified atom stereocenters. The maximum Gasteiger partial charge on any atom is 0.238 e. The predicted molar refractivity (Wildman–Crippen MR) is 69.4 cm³/mol. The first-order valence-electron chi connectivity index (χ1n) is 5.89. The molecule has 19 heavy (non-hydrogen) atoms. The summed E-state index contributed by atoms with van der Waals surface area (Å²) in [6, 6.07) is 4.34. The van der Waals surface area contributed by atoms with Gasteiger partial charge in [0, 0.05) is 19.2 Å². The second-order valence-corrected chi connectivity index (χ2v) is 6.02. The zero-order valence-corrected chi connectivity index (χ0v) is 11.6. The Hall–Kier alpha value is -1.60. The molecule has 0 aromatic heterocycles. The number of benzene rings is 1. The molecule has 1 aliphatic heterocycles. The van der Waals surface area contributed by atoms with Crippen LogP contribution in [0.5, 0.6) is 5.75 Å². The third-order valence-electron chi connectivity index (χ3n) is 3.24. The van der Waals surface area contributed by atoms with Crippen molar-refractivity contribution in [3.05, 3.63) is 23.8 Å². The monoisotopic (exact) mass is 284 g/mol. The standard InChI is InChI=1S/C12H16N2O4S/c1-3-14(2)12(15)10-7-18-11-5-4-8(6-9(10)11)19(13,16)17/h4-6,10H,3,7H2,1-2H3,(H2,13,16,17). The first-order valence-corrected chi connectivity index (χ1v) is 7.43. The fraction of sp³-hybridized carbons (Fsp3) is 0.417. The molecule has 2 rings (SSSR count). The topological polar surface area (TPSA) is 89.7 Å². The highest BCUT2D eigenvalue weighted by Crippen LogP contribution is 2.36. The van der Waals surface area contributed by atoms with Gasteiger partial charge in [0.15, 0.2) is 0 Å². The number of primary sulfonamides is 1. The number of hydrogen-bond donors (Lipinski definition) is 1. The van der Waals surface area contributed by atoms with Crippen LogP contribution in [0.1, 0.15) is 18.4 Å². The van der Waals surface area contributed by atoms with Gasteiger partial charge < -0.3 is 9.64 Å². The molecule has 2 N–H and O–H groups in total. The summed E-state index contributed by atoms with van der Waals surface area (Å²) in [6.07, 6.45) is 0. The van der Waals surface area contributed by atoms with Crippen LogP contribution in [0.25, 0.3) is 0 Å². The van der Waals surface area contributed by atoms with E-state index in [0.717, 1.165) is 0 Å². The fourth-order valence-corrected chi connectivity index (χ4v) is 2.55. The lowest BCUT2D eigenvalue weighted by atomic mass is 10.00. The molecule has 1 atom stereocenters. The second kappa shape index (κ2) is 4.82. The smallest absolute Gasteiger partial charge is 0.238 e. The molecule has 0 saturated carbocycles. The normalized spacial score (nSPS) is 17.7. The van der Waals surface area contributed by atoms with Crippen molar-refractivity contribution in [2.24, 2.45) is 5.14 Å². The maximum atomic E-state index is 12.2. The van der Waals surface area contributed by atoms with Crippen LogP contribution in [0.4, 0.5) is 0 Å². The quantitative estimate of drug-likeness (QED) is 0.863. The molecular weight excluding hydrogens is 268 g/mol. The van der Waals surface area contributed by atoms with E-state index in [-0.39, 0.29) is 17.4 Å².